The van der Waals surface area contributed by atoms with Crippen LogP contribution >= 0.6 is 34.5 Å². The van der Waals surface area contributed by atoms with Crippen LogP contribution in [0.2, 0.25) is 10.0 Å². The summed E-state index contributed by atoms with van der Waals surface area (Å²) in [7, 11) is -3.81. The number of amides is 1. The van der Waals surface area contributed by atoms with E-state index in [0.717, 1.165) is 32.1 Å². The van der Waals surface area contributed by atoms with Gasteiger partial charge >= 0.3 is 4.87 Å². The summed E-state index contributed by atoms with van der Waals surface area (Å²) in [4.78, 5) is 25.3. The number of nitrogens with one attached hydrogen (secondary N) is 1. The van der Waals surface area contributed by atoms with Crippen molar-refractivity contribution in [3.05, 3.63) is 56.1 Å². The average Bonchev–Trinajstić information content (AvgIpc) is 3.02. The van der Waals surface area contributed by atoms with Crippen LogP contribution in [0.1, 0.15) is 33.2 Å². The standard InChI is InChI=1S/C21H23Cl2N3O4S2/c1-5-17(26(32(4,29)30)14-7-8-15(22)16(23)11-14)20(27)24-13-6-9-18-19(10-13)31-21(28)25(18)12(2)3/h6-12,17H,5H2,1-4H3,(H,24,27)/t17-/m0/s1. The number of anilines is 2. The van der Waals surface area contributed by atoms with Gasteiger partial charge in [-0.3, -0.25) is 18.5 Å². The minimum absolute atomic E-state index is 0.00989. The Morgan fingerprint density at radius 1 is 1.16 bits per heavy atom. The molecule has 0 aliphatic rings. The first-order valence-corrected chi connectivity index (χ1v) is 13.3. The number of carbonyl (C=O) groups is 1. The van der Waals surface area contributed by atoms with Crippen molar-refractivity contribution in [2.75, 3.05) is 15.9 Å². The smallest absolute Gasteiger partial charge is 0.308 e. The third-order valence-electron chi connectivity index (χ3n) is 4.88. The highest BCUT2D eigenvalue weighted by atomic mass is 35.5. The van der Waals surface area contributed by atoms with Crippen molar-refractivity contribution in [2.24, 2.45) is 0 Å². The van der Waals surface area contributed by atoms with Crippen molar-refractivity contribution >= 4 is 72.1 Å². The minimum atomic E-state index is -3.81. The van der Waals surface area contributed by atoms with Gasteiger partial charge in [0.05, 0.1) is 32.2 Å². The first-order valence-electron chi connectivity index (χ1n) is 9.84. The number of fused-ring (bicyclic) bond motifs is 1. The van der Waals surface area contributed by atoms with Gasteiger partial charge in [0.2, 0.25) is 15.9 Å². The molecule has 1 N–H and O–H groups in total. The molecule has 2 aromatic carbocycles. The lowest BCUT2D eigenvalue weighted by atomic mass is 10.1. The molecule has 7 nitrogen and oxygen atoms in total. The van der Waals surface area contributed by atoms with E-state index in [-0.39, 0.29) is 33.1 Å². The van der Waals surface area contributed by atoms with E-state index in [4.69, 9.17) is 23.2 Å². The number of aromatic nitrogens is 1. The monoisotopic (exact) mass is 515 g/mol. The van der Waals surface area contributed by atoms with Gasteiger partial charge in [0.15, 0.2) is 0 Å². The molecule has 0 saturated heterocycles. The van der Waals surface area contributed by atoms with Gasteiger partial charge < -0.3 is 5.32 Å². The van der Waals surface area contributed by atoms with E-state index in [2.05, 4.69) is 5.32 Å². The third-order valence-corrected chi connectivity index (χ3v) is 7.72. The maximum Gasteiger partial charge on any atom is 0.308 e. The molecule has 1 atom stereocenters. The maximum atomic E-state index is 13.1. The average molecular weight is 516 g/mol. The molecule has 0 fully saturated rings. The molecule has 0 aliphatic heterocycles. The summed E-state index contributed by atoms with van der Waals surface area (Å²) in [5, 5.41) is 3.25. The fourth-order valence-corrected chi connectivity index (χ4v) is 6.06. The van der Waals surface area contributed by atoms with Crippen LogP contribution in [0.25, 0.3) is 10.2 Å². The Balaban J connectivity index is 1.96. The number of thiazole rings is 1. The van der Waals surface area contributed by atoms with Crippen LogP contribution in [0.5, 0.6) is 0 Å². The first-order chi connectivity index (χ1) is 14.9. The Morgan fingerprint density at radius 2 is 1.84 bits per heavy atom. The lowest BCUT2D eigenvalue weighted by Crippen LogP contribution is -2.47. The number of carbonyl (C=O) groups excluding carboxylic acids is 1. The van der Waals surface area contributed by atoms with Crippen molar-refractivity contribution in [3.8, 4) is 0 Å². The topological polar surface area (TPSA) is 88.5 Å². The van der Waals surface area contributed by atoms with Gasteiger partial charge in [0.1, 0.15) is 6.04 Å². The fraction of sp³-hybridized carbons (Fsp3) is 0.333. The molecule has 0 spiro atoms. The number of sulfonamides is 1. The molecular formula is C21H23Cl2N3O4S2. The fourth-order valence-electron chi connectivity index (χ4n) is 3.51. The van der Waals surface area contributed by atoms with E-state index >= 15 is 0 Å². The van der Waals surface area contributed by atoms with Crippen LogP contribution in [0, 0.1) is 0 Å². The molecule has 0 aliphatic carbocycles. The van der Waals surface area contributed by atoms with Gasteiger partial charge in [-0.15, -0.1) is 0 Å². The van der Waals surface area contributed by atoms with Crippen molar-refractivity contribution in [1.82, 2.24) is 4.57 Å². The van der Waals surface area contributed by atoms with E-state index in [1.54, 1.807) is 29.7 Å². The second kappa shape index (κ2) is 9.43. The lowest BCUT2D eigenvalue weighted by molar-refractivity contribution is -0.117. The predicted molar refractivity (Wildman–Crippen MR) is 133 cm³/mol. The van der Waals surface area contributed by atoms with Gasteiger partial charge in [0, 0.05) is 11.7 Å². The van der Waals surface area contributed by atoms with Crippen LogP contribution < -0.4 is 14.5 Å². The van der Waals surface area contributed by atoms with Gasteiger partial charge in [-0.1, -0.05) is 41.5 Å². The third kappa shape index (κ3) is 4.96. The number of hydrogen-bond acceptors (Lipinski definition) is 5. The van der Waals surface area contributed by atoms with Crippen molar-refractivity contribution in [1.29, 1.82) is 0 Å². The van der Waals surface area contributed by atoms with E-state index in [1.165, 1.54) is 18.2 Å². The van der Waals surface area contributed by atoms with E-state index in [1.807, 2.05) is 13.8 Å². The second-order valence-electron chi connectivity index (χ2n) is 7.58. The molecule has 0 unspecified atom stereocenters. The summed E-state index contributed by atoms with van der Waals surface area (Å²) >= 11 is 13.1. The molecule has 172 valence electrons. The van der Waals surface area contributed by atoms with Crippen molar-refractivity contribution in [2.45, 2.75) is 39.3 Å². The zero-order valence-corrected chi connectivity index (χ0v) is 21.1. The number of halogens is 2. The van der Waals surface area contributed by atoms with E-state index < -0.39 is 22.0 Å². The molecule has 0 saturated carbocycles. The first kappa shape index (κ1) is 24.6. The van der Waals surface area contributed by atoms with Crippen molar-refractivity contribution in [3.63, 3.8) is 0 Å². The summed E-state index contributed by atoms with van der Waals surface area (Å²) in [6.45, 7) is 5.58. The van der Waals surface area contributed by atoms with Gasteiger partial charge in [-0.25, -0.2) is 8.42 Å². The number of nitrogens with zero attached hydrogens (tertiary/aromatic N) is 2. The molecule has 3 rings (SSSR count). The largest absolute Gasteiger partial charge is 0.324 e. The zero-order chi connectivity index (χ0) is 23.8. The highest BCUT2D eigenvalue weighted by Gasteiger charge is 2.32. The summed E-state index contributed by atoms with van der Waals surface area (Å²) in [6.07, 6.45) is 1.25. The Bertz CT molecular complexity index is 1330. The van der Waals surface area contributed by atoms with Crippen LogP contribution in [0.15, 0.2) is 41.2 Å². The minimum Gasteiger partial charge on any atom is -0.324 e. The molecule has 32 heavy (non-hydrogen) atoms. The number of benzene rings is 2. The van der Waals surface area contributed by atoms with Crippen LogP contribution in [0.3, 0.4) is 0 Å². The molecular weight excluding hydrogens is 493 g/mol. The van der Waals surface area contributed by atoms with Crippen LogP contribution in [-0.4, -0.2) is 31.2 Å². The van der Waals surface area contributed by atoms with Gasteiger partial charge in [-0.05, 0) is 56.7 Å². The summed E-state index contributed by atoms with van der Waals surface area (Å²) in [5.41, 5.74) is 1.50. The quantitative estimate of drug-likeness (QED) is 0.472. The predicted octanol–water partition coefficient (Wildman–Crippen LogP) is 5.13. The molecule has 3 aromatic rings. The SMILES string of the molecule is CC[C@@H](C(=O)Nc1ccc2c(c1)sc(=O)n2C(C)C)N(c1ccc(Cl)c(Cl)c1)S(C)(=O)=O. The maximum absolute atomic E-state index is 13.1. The number of hydrogen-bond donors (Lipinski definition) is 1. The van der Waals surface area contributed by atoms with Crippen molar-refractivity contribution < 1.29 is 13.2 Å². The highest BCUT2D eigenvalue weighted by Crippen LogP contribution is 2.31. The lowest BCUT2D eigenvalue weighted by Gasteiger charge is -2.30. The molecule has 1 amide bonds. The second-order valence-corrected chi connectivity index (χ2v) is 11.3. The zero-order valence-electron chi connectivity index (χ0n) is 17.9. The highest BCUT2D eigenvalue weighted by molar-refractivity contribution is 7.92. The summed E-state index contributed by atoms with van der Waals surface area (Å²) in [6, 6.07) is 8.58. The molecule has 0 bridgehead atoms. The Morgan fingerprint density at radius 3 is 2.41 bits per heavy atom. The van der Waals surface area contributed by atoms with E-state index in [0.29, 0.717) is 5.69 Å². The molecule has 1 aromatic heterocycles. The van der Waals surface area contributed by atoms with Crippen LogP contribution in [0.4, 0.5) is 11.4 Å². The summed E-state index contributed by atoms with van der Waals surface area (Å²) in [5.74, 6) is -0.501. The Kier molecular flexibility index (Phi) is 7.24. The van der Waals surface area contributed by atoms with Gasteiger partial charge in [-0.2, -0.15) is 0 Å². The normalized spacial score (nSPS) is 12.8. The summed E-state index contributed by atoms with van der Waals surface area (Å²) < 4.78 is 28.7. The molecule has 0 radical (unpaired) electrons. The Labute approximate surface area is 200 Å². The Hall–Kier alpha value is -2.07. The van der Waals surface area contributed by atoms with E-state index in [9.17, 15) is 18.0 Å². The number of rotatable bonds is 7. The van der Waals surface area contributed by atoms with Crippen LogP contribution in [-0.2, 0) is 14.8 Å². The molecule has 1 heterocycles. The molecule has 11 heteroatoms. The van der Waals surface area contributed by atoms with Gasteiger partial charge in [0.25, 0.3) is 0 Å².